The lowest BCUT2D eigenvalue weighted by atomic mass is 10.2. The van der Waals surface area contributed by atoms with E-state index in [1.165, 1.54) is 6.08 Å². The molecule has 0 saturated carbocycles. The lowest BCUT2D eigenvalue weighted by molar-refractivity contribution is -0.131. The highest BCUT2D eigenvalue weighted by Crippen LogP contribution is 2.28. The molecule has 2 aromatic rings. The fourth-order valence-electron chi connectivity index (χ4n) is 1.77. The van der Waals surface area contributed by atoms with Gasteiger partial charge in [0, 0.05) is 29.9 Å². The van der Waals surface area contributed by atoms with Crippen LogP contribution in [-0.4, -0.2) is 20.9 Å². The van der Waals surface area contributed by atoms with Crippen molar-refractivity contribution < 1.29 is 14.6 Å². The number of carbonyl (C=O) groups is 1. The van der Waals surface area contributed by atoms with E-state index in [0.717, 1.165) is 18.2 Å². The van der Waals surface area contributed by atoms with Crippen molar-refractivity contribution in [1.82, 2.24) is 9.78 Å². The van der Waals surface area contributed by atoms with E-state index in [-0.39, 0.29) is 0 Å². The van der Waals surface area contributed by atoms with Crippen molar-refractivity contribution in [2.24, 2.45) is 0 Å². The van der Waals surface area contributed by atoms with Crippen molar-refractivity contribution >= 4 is 23.6 Å². The van der Waals surface area contributed by atoms with Crippen LogP contribution in [0.3, 0.4) is 0 Å². The molecule has 2 rings (SSSR count). The molecule has 0 amide bonds. The fourth-order valence-corrected chi connectivity index (χ4v) is 2.00. The molecule has 0 spiro atoms. The number of halogens is 1. The minimum Gasteiger partial charge on any atom is -0.488 e. The number of aryl methyl sites for hydroxylation is 1. The lowest BCUT2D eigenvalue weighted by Crippen LogP contribution is -1.97. The molecule has 0 saturated heterocycles. The summed E-state index contributed by atoms with van der Waals surface area (Å²) in [5, 5.41) is 13.3. The van der Waals surface area contributed by atoms with E-state index in [0.29, 0.717) is 22.9 Å². The highest BCUT2D eigenvalue weighted by molar-refractivity contribution is 6.32. The largest absolute Gasteiger partial charge is 0.488 e. The number of nitrogens with zero attached hydrogens (tertiary/aromatic N) is 2. The van der Waals surface area contributed by atoms with Crippen LogP contribution in [0.25, 0.3) is 6.08 Å². The number of aliphatic carboxylic acids is 1. The minimum absolute atomic E-state index is 0.342. The first-order valence-electron chi connectivity index (χ1n) is 6.43. The zero-order chi connectivity index (χ0) is 15.2. The Morgan fingerprint density at radius 1 is 1.52 bits per heavy atom. The Bertz CT molecular complexity index is 665. The molecule has 0 radical (unpaired) electrons. The second-order valence-corrected chi connectivity index (χ2v) is 4.72. The normalized spacial score (nSPS) is 11.0. The van der Waals surface area contributed by atoms with Crippen molar-refractivity contribution in [1.29, 1.82) is 0 Å². The first kappa shape index (κ1) is 15.1. The van der Waals surface area contributed by atoms with Gasteiger partial charge in [0.15, 0.2) is 0 Å². The van der Waals surface area contributed by atoms with E-state index >= 15 is 0 Å². The first-order chi connectivity index (χ1) is 10.1. The standard InChI is InChI=1S/C15H15ClN2O3/c1-2-18-9-11(8-17-18)10-21-14-5-3-4-13(16)12(14)6-7-15(19)20/h3-9H,2,10H2,1H3,(H,19,20)/b7-6+. The van der Waals surface area contributed by atoms with E-state index in [1.54, 1.807) is 24.4 Å². The van der Waals surface area contributed by atoms with Crippen LogP contribution in [-0.2, 0) is 17.9 Å². The second-order valence-electron chi connectivity index (χ2n) is 4.32. The smallest absolute Gasteiger partial charge is 0.328 e. The van der Waals surface area contributed by atoms with Crippen LogP contribution < -0.4 is 4.74 Å². The third kappa shape index (κ3) is 4.10. The summed E-state index contributed by atoms with van der Waals surface area (Å²) in [5.74, 6) is -0.505. The van der Waals surface area contributed by atoms with Gasteiger partial charge in [0.1, 0.15) is 12.4 Å². The molecular weight excluding hydrogens is 292 g/mol. The molecule has 6 heteroatoms. The van der Waals surface area contributed by atoms with E-state index in [2.05, 4.69) is 5.10 Å². The summed E-state index contributed by atoms with van der Waals surface area (Å²) in [7, 11) is 0. The van der Waals surface area contributed by atoms with Crippen LogP contribution in [0.2, 0.25) is 5.02 Å². The maximum Gasteiger partial charge on any atom is 0.328 e. The maximum atomic E-state index is 10.6. The van der Waals surface area contributed by atoms with E-state index in [4.69, 9.17) is 21.4 Å². The van der Waals surface area contributed by atoms with E-state index in [9.17, 15) is 4.79 Å². The van der Waals surface area contributed by atoms with Crippen LogP contribution in [0.1, 0.15) is 18.1 Å². The predicted molar refractivity (Wildman–Crippen MR) is 80.4 cm³/mol. The third-order valence-corrected chi connectivity index (χ3v) is 3.14. The van der Waals surface area contributed by atoms with Crippen molar-refractivity contribution in [2.75, 3.05) is 0 Å². The SMILES string of the molecule is CCn1cc(COc2cccc(Cl)c2/C=C/C(=O)O)cn1. The van der Waals surface area contributed by atoms with Crippen LogP contribution >= 0.6 is 11.6 Å². The predicted octanol–water partition coefficient (Wildman–Crippen LogP) is 3.23. The number of hydrogen-bond acceptors (Lipinski definition) is 3. The molecule has 21 heavy (non-hydrogen) atoms. The third-order valence-electron chi connectivity index (χ3n) is 2.81. The molecule has 0 fully saturated rings. The first-order valence-corrected chi connectivity index (χ1v) is 6.81. The van der Waals surface area contributed by atoms with Crippen LogP contribution in [0.15, 0.2) is 36.7 Å². The number of rotatable bonds is 6. The number of hydrogen-bond donors (Lipinski definition) is 1. The number of carboxylic acid groups (broad SMARTS) is 1. The van der Waals surface area contributed by atoms with Gasteiger partial charge in [-0.3, -0.25) is 4.68 Å². The highest BCUT2D eigenvalue weighted by Gasteiger charge is 2.07. The van der Waals surface area contributed by atoms with Gasteiger partial charge in [-0.05, 0) is 25.1 Å². The zero-order valence-electron chi connectivity index (χ0n) is 11.5. The summed E-state index contributed by atoms with van der Waals surface area (Å²) in [6.45, 7) is 3.14. The van der Waals surface area contributed by atoms with Crippen LogP contribution in [0, 0.1) is 0 Å². The summed E-state index contributed by atoms with van der Waals surface area (Å²) in [5.41, 5.74) is 1.48. The average molecular weight is 307 g/mol. The van der Waals surface area contributed by atoms with Gasteiger partial charge in [0.05, 0.1) is 11.2 Å². The highest BCUT2D eigenvalue weighted by atomic mass is 35.5. The molecule has 1 heterocycles. The molecule has 0 aliphatic rings. The van der Waals surface area contributed by atoms with Crippen LogP contribution in [0.4, 0.5) is 0 Å². The summed E-state index contributed by atoms with van der Waals surface area (Å²) >= 11 is 6.08. The number of benzene rings is 1. The molecule has 0 aliphatic heterocycles. The van der Waals surface area contributed by atoms with Gasteiger partial charge in [-0.1, -0.05) is 17.7 Å². The van der Waals surface area contributed by atoms with Crippen molar-refractivity contribution in [3.63, 3.8) is 0 Å². The Labute approximate surface area is 127 Å². The van der Waals surface area contributed by atoms with Gasteiger partial charge in [-0.2, -0.15) is 5.10 Å². The topological polar surface area (TPSA) is 64.3 Å². The molecule has 1 aromatic heterocycles. The fraction of sp³-hybridized carbons (Fsp3) is 0.200. The summed E-state index contributed by atoms with van der Waals surface area (Å²) in [6.07, 6.45) is 6.09. The Morgan fingerprint density at radius 2 is 2.33 bits per heavy atom. The average Bonchev–Trinajstić information content (AvgIpc) is 2.92. The lowest BCUT2D eigenvalue weighted by Gasteiger charge is -2.09. The Kier molecular flexibility index (Phi) is 5.00. The Hall–Kier alpha value is -2.27. The molecule has 110 valence electrons. The Morgan fingerprint density at radius 3 is 3.00 bits per heavy atom. The molecule has 5 nitrogen and oxygen atoms in total. The van der Waals surface area contributed by atoms with Gasteiger partial charge < -0.3 is 9.84 Å². The molecule has 0 aliphatic carbocycles. The molecule has 0 unspecified atom stereocenters. The van der Waals surface area contributed by atoms with Gasteiger partial charge in [-0.15, -0.1) is 0 Å². The van der Waals surface area contributed by atoms with E-state index < -0.39 is 5.97 Å². The van der Waals surface area contributed by atoms with Gasteiger partial charge in [0.25, 0.3) is 0 Å². The summed E-state index contributed by atoms with van der Waals surface area (Å²) in [4.78, 5) is 10.6. The molecule has 0 bridgehead atoms. The number of carboxylic acids is 1. The monoisotopic (exact) mass is 306 g/mol. The molecular formula is C15H15ClN2O3. The molecule has 1 N–H and O–H groups in total. The minimum atomic E-state index is -1.04. The quantitative estimate of drug-likeness (QED) is 0.832. The van der Waals surface area contributed by atoms with Crippen LogP contribution in [0.5, 0.6) is 5.75 Å². The number of ether oxygens (including phenoxy) is 1. The van der Waals surface area contributed by atoms with Crippen molar-refractivity contribution in [3.05, 3.63) is 52.8 Å². The Balaban J connectivity index is 2.15. The summed E-state index contributed by atoms with van der Waals surface area (Å²) in [6, 6.07) is 5.19. The van der Waals surface area contributed by atoms with E-state index in [1.807, 2.05) is 17.8 Å². The van der Waals surface area contributed by atoms with Gasteiger partial charge in [0.2, 0.25) is 0 Å². The zero-order valence-corrected chi connectivity index (χ0v) is 12.2. The molecule has 0 atom stereocenters. The maximum absolute atomic E-state index is 10.6. The van der Waals surface area contributed by atoms with Gasteiger partial charge in [-0.25, -0.2) is 4.79 Å². The second kappa shape index (κ2) is 6.95. The summed E-state index contributed by atoms with van der Waals surface area (Å²) < 4.78 is 7.52. The van der Waals surface area contributed by atoms with Crippen molar-refractivity contribution in [3.8, 4) is 5.75 Å². The number of aromatic nitrogens is 2. The van der Waals surface area contributed by atoms with Crippen molar-refractivity contribution in [2.45, 2.75) is 20.1 Å². The van der Waals surface area contributed by atoms with Gasteiger partial charge >= 0.3 is 5.97 Å². The molecule has 1 aromatic carbocycles.